The third kappa shape index (κ3) is 6.66. The maximum atomic E-state index is 12.1. The molecule has 0 aromatic heterocycles. The molecular formula is C21H26N2O4. The van der Waals surface area contributed by atoms with Gasteiger partial charge >= 0.3 is 0 Å². The first kappa shape index (κ1) is 20.3. The molecule has 2 aromatic rings. The molecule has 144 valence electrons. The number of rotatable bonds is 10. The van der Waals surface area contributed by atoms with Crippen LogP contribution < -0.4 is 20.1 Å². The third-order valence-corrected chi connectivity index (χ3v) is 3.78. The van der Waals surface area contributed by atoms with E-state index >= 15 is 0 Å². The van der Waals surface area contributed by atoms with Gasteiger partial charge in [0.1, 0.15) is 11.5 Å². The summed E-state index contributed by atoms with van der Waals surface area (Å²) in [6, 6.07) is 14.0. The molecule has 2 aromatic carbocycles. The number of hydrogen-bond donors (Lipinski definition) is 2. The normalized spacial score (nSPS) is 10.1. The minimum atomic E-state index is -0.143. The average molecular weight is 370 g/mol. The number of carbonyl (C=O) groups is 2. The second kappa shape index (κ2) is 10.9. The standard InChI is InChI=1S/C21H26N2O4/c1-3-26-18-10-6-16(7-11-18)20(24)22-14-5-15-23-21(25)17-8-12-19(13-9-17)27-4-2/h6-13H,3-5,14-15H2,1-2H3,(H,22,24)(H,23,25). The van der Waals surface area contributed by atoms with Crippen LogP contribution in [0, 0.1) is 0 Å². The van der Waals surface area contributed by atoms with E-state index in [1.165, 1.54) is 0 Å². The van der Waals surface area contributed by atoms with E-state index in [-0.39, 0.29) is 11.8 Å². The molecule has 6 heteroatoms. The summed E-state index contributed by atoms with van der Waals surface area (Å²) in [5, 5.41) is 5.68. The lowest BCUT2D eigenvalue weighted by atomic mass is 10.2. The van der Waals surface area contributed by atoms with Gasteiger partial charge < -0.3 is 20.1 Å². The fourth-order valence-electron chi connectivity index (χ4n) is 2.43. The van der Waals surface area contributed by atoms with E-state index in [1.807, 2.05) is 13.8 Å². The molecule has 0 radical (unpaired) electrons. The van der Waals surface area contributed by atoms with Crippen molar-refractivity contribution >= 4 is 11.8 Å². The van der Waals surface area contributed by atoms with E-state index in [2.05, 4.69) is 10.6 Å². The van der Waals surface area contributed by atoms with Gasteiger partial charge in [0.2, 0.25) is 0 Å². The monoisotopic (exact) mass is 370 g/mol. The van der Waals surface area contributed by atoms with Crippen LogP contribution in [-0.4, -0.2) is 38.1 Å². The fraction of sp³-hybridized carbons (Fsp3) is 0.333. The molecule has 0 unspecified atom stereocenters. The van der Waals surface area contributed by atoms with Crippen LogP contribution in [0.3, 0.4) is 0 Å². The molecule has 6 nitrogen and oxygen atoms in total. The van der Waals surface area contributed by atoms with Crippen LogP contribution in [0.4, 0.5) is 0 Å². The van der Waals surface area contributed by atoms with Crippen molar-refractivity contribution in [3.63, 3.8) is 0 Å². The first-order valence-corrected chi connectivity index (χ1v) is 9.16. The first-order chi connectivity index (χ1) is 13.1. The quantitative estimate of drug-likeness (QED) is 0.630. The van der Waals surface area contributed by atoms with Crippen LogP contribution in [0.2, 0.25) is 0 Å². The Labute approximate surface area is 159 Å². The van der Waals surface area contributed by atoms with Gasteiger partial charge in [0.25, 0.3) is 11.8 Å². The topological polar surface area (TPSA) is 76.7 Å². The molecule has 0 atom stereocenters. The molecule has 0 heterocycles. The maximum absolute atomic E-state index is 12.1. The molecule has 0 aliphatic rings. The molecule has 2 amide bonds. The molecule has 0 fully saturated rings. The second-order valence-electron chi connectivity index (χ2n) is 5.78. The summed E-state index contributed by atoms with van der Waals surface area (Å²) in [5.74, 6) is 1.20. The Hall–Kier alpha value is -3.02. The van der Waals surface area contributed by atoms with Gasteiger partial charge in [0.05, 0.1) is 13.2 Å². The second-order valence-corrected chi connectivity index (χ2v) is 5.78. The zero-order chi connectivity index (χ0) is 19.5. The molecule has 0 saturated carbocycles. The molecule has 0 bridgehead atoms. The number of hydrogen-bond acceptors (Lipinski definition) is 4. The lowest BCUT2D eigenvalue weighted by molar-refractivity contribution is 0.0952. The Kier molecular flexibility index (Phi) is 8.16. The average Bonchev–Trinajstić information content (AvgIpc) is 2.69. The van der Waals surface area contributed by atoms with E-state index in [4.69, 9.17) is 9.47 Å². The molecule has 2 rings (SSSR count). The maximum Gasteiger partial charge on any atom is 0.251 e. The van der Waals surface area contributed by atoms with Crippen molar-refractivity contribution < 1.29 is 19.1 Å². The summed E-state index contributed by atoms with van der Waals surface area (Å²) < 4.78 is 10.7. The Morgan fingerprint density at radius 3 is 1.41 bits per heavy atom. The summed E-state index contributed by atoms with van der Waals surface area (Å²) in [7, 11) is 0. The van der Waals surface area contributed by atoms with Gasteiger partial charge in [-0.2, -0.15) is 0 Å². The smallest absolute Gasteiger partial charge is 0.251 e. The molecule has 0 spiro atoms. The summed E-state index contributed by atoms with van der Waals surface area (Å²) in [6.45, 7) is 5.97. The Balaban J connectivity index is 1.67. The highest BCUT2D eigenvalue weighted by Gasteiger charge is 2.07. The van der Waals surface area contributed by atoms with Crippen molar-refractivity contribution in [1.82, 2.24) is 10.6 Å². The van der Waals surface area contributed by atoms with Crippen molar-refractivity contribution in [3.05, 3.63) is 59.7 Å². The van der Waals surface area contributed by atoms with Crippen LogP contribution in [0.1, 0.15) is 41.0 Å². The Bertz CT molecular complexity index is 663. The van der Waals surface area contributed by atoms with Crippen molar-refractivity contribution in [2.24, 2.45) is 0 Å². The van der Waals surface area contributed by atoms with Crippen LogP contribution in [0.25, 0.3) is 0 Å². The Morgan fingerprint density at radius 1 is 0.704 bits per heavy atom. The van der Waals surface area contributed by atoms with Gasteiger partial charge in [0.15, 0.2) is 0 Å². The van der Waals surface area contributed by atoms with Crippen LogP contribution in [0.5, 0.6) is 11.5 Å². The zero-order valence-electron chi connectivity index (χ0n) is 15.8. The van der Waals surface area contributed by atoms with Crippen molar-refractivity contribution in [3.8, 4) is 11.5 Å². The van der Waals surface area contributed by atoms with Crippen molar-refractivity contribution in [2.45, 2.75) is 20.3 Å². The van der Waals surface area contributed by atoms with E-state index in [0.29, 0.717) is 43.9 Å². The van der Waals surface area contributed by atoms with E-state index < -0.39 is 0 Å². The SMILES string of the molecule is CCOc1ccc(C(=O)NCCCNC(=O)c2ccc(OCC)cc2)cc1. The van der Waals surface area contributed by atoms with Gasteiger partial charge in [-0.05, 0) is 68.8 Å². The van der Waals surface area contributed by atoms with Gasteiger partial charge in [0, 0.05) is 24.2 Å². The number of ether oxygens (including phenoxy) is 2. The van der Waals surface area contributed by atoms with E-state index in [0.717, 1.165) is 11.5 Å². The van der Waals surface area contributed by atoms with Crippen LogP contribution in [-0.2, 0) is 0 Å². The molecule has 0 aliphatic carbocycles. The Morgan fingerprint density at radius 2 is 1.07 bits per heavy atom. The zero-order valence-corrected chi connectivity index (χ0v) is 15.8. The number of nitrogens with one attached hydrogen (secondary N) is 2. The summed E-state index contributed by atoms with van der Waals surface area (Å²) in [6.07, 6.45) is 0.644. The van der Waals surface area contributed by atoms with E-state index in [1.54, 1.807) is 48.5 Å². The molecule has 0 aliphatic heterocycles. The van der Waals surface area contributed by atoms with Crippen LogP contribution >= 0.6 is 0 Å². The highest BCUT2D eigenvalue weighted by Crippen LogP contribution is 2.12. The minimum absolute atomic E-state index is 0.143. The fourth-order valence-corrected chi connectivity index (χ4v) is 2.43. The van der Waals surface area contributed by atoms with Gasteiger partial charge in [-0.1, -0.05) is 0 Å². The third-order valence-electron chi connectivity index (χ3n) is 3.78. The first-order valence-electron chi connectivity index (χ1n) is 9.16. The summed E-state index contributed by atoms with van der Waals surface area (Å²) >= 11 is 0. The number of amides is 2. The predicted molar refractivity (Wildman–Crippen MR) is 105 cm³/mol. The predicted octanol–water partition coefficient (Wildman–Crippen LogP) is 3.03. The highest BCUT2D eigenvalue weighted by molar-refractivity contribution is 5.94. The van der Waals surface area contributed by atoms with Gasteiger partial charge in [-0.15, -0.1) is 0 Å². The minimum Gasteiger partial charge on any atom is -0.494 e. The van der Waals surface area contributed by atoms with Crippen molar-refractivity contribution in [1.29, 1.82) is 0 Å². The molecule has 2 N–H and O–H groups in total. The highest BCUT2D eigenvalue weighted by atomic mass is 16.5. The number of benzene rings is 2. The molecule has 27 heavy (non-hydrogen) atoms. The van der Waals surface area contributed by atoms with Gasteiger partial charge in [-0.3, -0.25) is 9.59 Å². The van der Waals surface area contributed by atoms with Crippen LogP contribution in [0.15, 0.2) is 48.5 Å². The van der Waals surface area contributed by atoms with Gasteiger partial charge in [-0.25, -0.2) is 0 Å². The molecular weight excluding hydrogens is 344 g/mol. The summed E-state index contributed by atoms with van der Waals surface area (Å²) in [5.41, 5.74) is 1.16. The van der Waals surface area contributed by atoms with E-state index in [9.17, 15) is 9.59 Å². The summed E-state index contributed by atoms with van der Waals surface area (Å²) in [4.78, 5) is 24.1. The lowest BCUT2D eigenvalue weighted by Crippen LogP contribution is -2.29. The lowest BCUT2D eigenvalue weighted by Gasteiger charge is -2.08. The number of carbonyl (C=O) groups excluding carboxylic acids is 2. The molecule has 0 saturated heterocycles. The largest absolute Gasteiger partial charge is 0.494 e. The van der Waals surface area contributed by atoms with Crippen molar-refractivity contribution in [2.75, 3.05) is 26.3 Å².